The van der Waals surface area contributed by atoms with Crippen LogP contribution in [-0.4, -0.2) is 22.3 Å². The molecule has 5 nitrogen and oxygen atoms in total. The van der Waals surface area contributed by atoms with E-state index in [1.54, 1.807) is 0 Å². The van der Waals surface area contributed by atoms with Crippen LogP contribution in [0.2, 0.25) is 10.0 Å². The van der Waals surface area contributed by atoms with Crippen molar-refractivity contribution in [2.24, 2.45) is 0 Å². The first-order valence-corrected chi connectivity index (χ1v) is 6.42. The highest BCUT2D eigenvalue weighted by molar-refractivity contribution is 6.32. The van der Waals surface area contributed by atoms with Crippen LogP contribution in [0.1, 0.15) is 0 Å². The average molecular weight is 336 g/mol. The van der Waals surface area contributed by atoms with E-state index < -0.39 is 6.61 Å². The predicted octanol–water partition coefficient (Wildman–Crippen LogP) is 3.43. The van der Waals surface area contributed by atoms with Gasteiger partial charge in [0.25, 0.3) is 0 Å². The molecule has 112 valence electrons. The standard InChI is InChI=1S/C12H9Cl2F2N3O2/c13-7-4-17-19(5-7)6-11(20)18-8-1-2-10(9(14)3-8)21-12(15)16/h1-5,12H,6H2,(H,18,20). The fourth-order valence-corrected chi connectivity index (χ4v) is 1.92. The zero-order valence-electron chi connectivity index (χ0n) is 10.4. The zero-order valence-corrected chi connectivity index (χ0v) is 11.9. The number of nitrogens with one attached hydrogen (secondary N) is 1. The van der Waals surface area contributed by atoms with Gasteiger partial charge < -0.3 is 10.1 Å². The summed E-state index contributed by atoms with van der Waals surface area (Å²) in [6.45, 7) is -3.01. The number of anilines is 1. The summed E-state index contributed by atoms with van der Waals surface area (Å²) in [5.74, 6) is -0.531. The summed E-state index contributed by atoms with van der Waals surface area (Å²) in [5, 5.41) is 6.79. The molecule has 2 aromatic rings. The molecule has 21 heavy (non-hydrogen) atoms. The van der Waals surface area contributed by atoms with Crippen molar-refractivity contribution in [1.82, 2.24) is 9.78 Å². The molecular formula is C12H9Cl2F2N3O2. The van der Waals surface area contributed by atoms with E-state index in [1.807, 2.05) is 0 Å². The summed E-state index contributed by atoms with van der Waals surface area (Å²) in [7, 11) is 0. The van der Waals surface area contributed by atoms with Crippen molar-refractivity contribution in [3.63, 3.8) is 0 Å². The fraction of sp³-hybridized carbons (Fsp3) is 0.167. The lowest BCUT2D eigenvalue weighted by Gasteiger charge is -2.09. The molecule has 0 atom stereocenters. The molecule has 0 radical (unpaired) electrons. The number of aromatic nitrogens is 2. The highest BCUT2D eigenvalue weighted by atomic mass is 35.5. The summed E-state index contributed by atoms with van der Waals surface area (Å²) >= 11 is 11.5. The molecule has 2 rings (SSSR count). The summed E-state index contributed by atoms with van der Waals surface area (Å²) in [6.07, 6.45) is 2.90. The van der Waals surface area contributed by atoms with Gasteiger partial charge in [0.2, 0.25) is 5.91 Å². The first-order valence-electron chi connectivity index (χ1n) is 5.66. The monoisotopic (exact) mass is 335 g/mol. The summed E-state index contributed by atoms with van der Waals surface area (Å²) < 4.78 is 29.7. The summed E-state index contributed by atoms with van der Waals surface area (Å²) in [4.78, 5) is 11.8. The van der Waals surface area contributed by atoms with E-state index in [4.69, 9.17) is 23.2 Å². The third kappa shape index (κ3) is 4.57. The quantitative estimate of drug-likeness (QED) is 0.910. The molecule has 0 unspecified atom stereocenters. The lowest BCUT2D eigenvalue weighted by Crippen LogP contribution is -2.19. The number of ether oxygens (including phenoxy) is 1. The molecule has 1 N–H and O–H groups in total. The number of alkyl halides is 2. The van der Waals surface area contributed by atoms with Gasteiger partial charge in [0.15, 0.2) is 0 Å². The molecule has 0 saturated heterocycles. The number of carbonyl (C=O) groups is 1. The van der Waals surface area contributed by atoms with E-state index in [-0.39, 0.29) is 23.2 Å². The van der Waals surface area contributed by atoms with Gasteiger partial charge in [-0.15, -0.1) is 0 Å². The molecule has 0 bridgehead atoms. The number of rotatable bonds is 5. The third-order valence-electron chi connectivity index (χ3n) is 2.34. The van der Waals surface area contributed by atoms with Crippen LogP contribution in [-0.2, 0) is 11.3 Å². The van der Waals surface area contributed by atoms with Gasteiger partial charge in [0, 0.05) is 11.9 Å². The lowest BCUT2D eigenvalue weighted by molar-refractivity contribution is -0.116. The van der Waals surface area contributed by atoms with Crippen LogP contribution in [0.3, 0.4) is 0 Å². The van der Waals surface area contributed by atoms with Gasteiger partial charge in [-0.3, -0.25) is 9.48 Å². The van der Waals surface area contributed by atoms with Crippen molar-refractivity contribution in [2.45, 2.75) is 13.2 Å². The first-order chi connectivity index (χ1) is 9.94. The normalized spacial score (nSPS) is 10.7. The number of hydrogen-bond acceptors (Lipinski definition) is 3. The fourth-order valence-electron chi connectivity index (χ4n) is 1.54. The Morgan fingerprint density at radius 1 is 1.43 bits per heavy atom. The number of benzene rings is 1. The Morgan fingerprint density at radius 2 is 2.19 bits per heavy atom. The molecular weight excluding hydrogens is 327 g/mol. The maximum Gasteiger partial charge on any atom is 0.387 e. The van der Waals surface area contributed by atoms with E-state index in [2.05, 4.69) is 15.2 Å². The minimum Gasteiger partial charge on any atom is -0.433 e. The Labute approximate surface area is 128 Å². The van der Waals surface area contributed by atoms with Crippen LogP contribution in [0.4, 0.5) is 14.5 Å². The van der Waals surface area contributed by atoms with Crippen LogP contribution >= 0.6 is 23.2 Å². The van der Waals surface area contributed by atoms with Crippen molar-refractivity contribution in [1.29, 1.82) is 0 Å². The Bertz CT molecular complexity index is 649. The maximum absolute atomic E-state index is 12.1. The molecule has 0 aliphatic carbocycles. The Morgan fingerprint density at radius 3 is 2.76 bits per heavy atom. The van der Waals surface area contributed by atoms with Crippen molar-refractivity contribution >= 4 is 34.8 Å². The molecule has 0 aliphatic heterocycles. The second kappa shape index (κ2) is 6.73. The maximum atomic E-state index is 12.1. The molecule has 1 amide bonds. The Balaban J connectivity index is 1.99. The molecule has 1 heterocycles. The number of amides is 1. The van der Waals surface area contributed by atoms with E-state index in [1.165, 1.54) is 35.3 Å². The van der Waals surface area contributed by atoms with E-state index in [0.717, 1.165) is 0 Å². The Kier molecular flexibility index (Phi) is 4.98. The number of hydrogen-bond donors (Lipinski definition) is 1. The van der Waals surface area contributed by atoms with Crippen LogP contribution in [0.15, 0.2) is 30.6 Å². The smallest absolute Gasteiger partial charge is 0.387 e. The summed E-state index contributed by atoms with van der Waals surface area (Å²) in [6, 6.07) is 3.96. The highest BCUT2D eigenvalue weighted by Crippen LogP contribution is 2.28. The van der Waals surface area contributed by atoms with Gasteiger partial charge >= 0.3 is 6.61 Å². The van der Waals surface area contributed by atoms with Crippen molar-refractivity contribution in [2.75, 3.05) is 5.32 Å². The molecule has 0 fully saturated rings. The number of nitrogens with zero attached hydrogens (tertiary/aromatic N) is 2. The largest absolute Gasteiger partial charge is 0.433 e. The number of halogens is 4. The molecule has 1 aromatic carbocycles. The molecule has 0 aliphatic rings. The van der Waals surface area contributed by atoms with Gasteiger partial charge in [-0.1, -0.05) is 23.2 Å². The predicted molar refractivity (Wildman–Crippen MR) is 74.0 cm³/mol. The molecule has 0 saturated carbocycles. The van der Waals surface area contributed by atoms with Crippen molar-refractivity contribution in [3.05, 3.63) is 40.6 Å². The minimum atomic E-state index is -2.97. The summed E-state index contributed by atoms with van der Waals surface area (Å²) in [5.41, 5.74) is 0.352. The van der Waals surface area contributed by atoms with Gasteiger partial charge in [-0.05, 0) is 18.2 Å². The van der Waals surface area contributed by atoms with Gasteiger partial charge in [0.05, 0.1) is 16.2 Å². The Hall–Kier alpha value is -1.86. The van der Waals surface area contributed by atoms with Crippen LogP contribution in [0.5, 0.6) is 5.75 Å². The van der Waals surface area contributed by atoms with Crippen LogP contribution in [0.25, 0.3) is 0 Å². The van der Waals surface area contributed by atoms with Crippen LogP contribution < -0.4 is 10.1 Å². The number of carbonyl (C=O) groups excluding carboxylic acids is 1. The first kappa shape index (κ1) is 15.5. The van der Waals surface area contributed by atoms with Crippen molar-refractivity contribution < 1.29 is 18.3 Å². The minimum absolute atomic E-state index is 0.0322. The second-order valence-corrected chi connectivity index (χ2v) is 4.77. The van der Waals surface area contributed by atoms with Crippen molar-refractivity contribution in [3.8, 4) is 5.75 Å². The lowest BCUT2D eigenvalue weighted by atomic mass is 10.3. The molecule has 0 spiro atoms. The van der Waals surface area contributed by atoms with Gasteiger partial charge in [0.1, 0.15) is 12.3 Å². The molecule has 9 heteroatoms. The van der Waals surface area contributed by atoms with Gasteiger partial charge in [-0.25, -0.2) is 0 Å². The van der Waals surface area contributed by atoms with Crippen LogP contribution in [0, 0.1) is 0 Å². The van der Waals surface area contributed by atoms with E-state index in [0.29, 0.717) is 10.7 Å². The average Bonchev–Trinajstić information content (AvgIpc) is 2.77. The zero-order chi connectivity index (χ0) is 15.4. The second-order valence-electron chi connectivity index (χ2n) is 3.93. The van der Waals surface area contributed by atoms with Gasteiger partial charge in [-0.2, -0.15) is 13.9 Å². The highest BCUT2D eigenvalue weighted by Gasteiger charge is 2.10. The SMILES string of the molecule is O=C(Cn1cc(Cl)cn1)Nc1ccc(OC(F)F)c(Cl)c1. The topological polar surface area (TPSA) is 56.2 Å². The van der Waals surface area contributed by atoms with E-state index in [9.17, 15) is 13.6 Å². The van der Waals surface area contributed by atoms with E-state index >= 15 is 0 Å². The third-order valence-corrected chi connectivity index (χ3v) is 2.83. The molecule has 1 aromatic heterocycles.